The topological polar surface area (TPSA) is 61.4 Å². The number of urea groups is 1. The zero-order valence-electron chi connectivity index (χ0n) is 13.8. The van der Waals surface area contributed by atoms with Crippen molar-refractivity contribution in [3.05, 3.63) is 29.3 Å². The van der Waals surface area contributed by atoms with Crippen LogP contribution in [0.25, 0.3) is 0 Å². The minimum atomic E-state index is -0.439. The molecule has 0 aliphatic carbocycles. The lowest BCUT2D eigenvalue weighted by molar-refractivity contribution is -0.118. The molecular weight excluding hydrogens is 278 g/mol. The van der Waals surface area contributed by atoms with E-state index in [1.165, 1.54) is 5.56 Å². The Morgan fingerprint density at radius 3 is 2.73 bits per heavy atom. The van der Waals surface area contributed by atoms with E-state index in [4.69, 9.17) is 0 Å². The molecule has 1 aromatic rings. The lowest BCUT2D eigenvalue weighted by atomic mass is 10.1. The van der Waals surface area contributed by atoms with Crippen LogP contribution in [0, 0.1) is 13.8 Å². The van der Waals surface area contributed by atoms with E-state index in [1.807, 2.05) is 39.0 Å². The predicted octanol–water partition coefficient (Wildman–Crippen LogP) is 2.51. The van der Waals surface area contributed by atoms with Crippen LogP contribution in [-0.4, -0.2) is 30.6 Å². The van der Waals surface area contributed by atoms with E-state index >= 15 is 0 Å². The third-order valence-corrected chi connectivity index (χ3v) is 4.30. The summed E-state index contributed by atoms with van der Waals surface area (Å²) in [4.78, 5) is 26.1. The van der Waals surface area contributed by atoms with Gasteiger partial charge in [-0.05, 0) is 56.9 Å². The number of aryl methyl sites for hydroxylation is 2. The predicted molar refractivity (Wildman–Crippen MR) is 88.1 cm³/mol. The molecule has 2 rings (SSSR count). The van der Waals surface area contributed by atoms with Gasteiger partial charge in [-0.25, -0.2) is 4.79 Å². The molecule has 5 heteroatoms. The average molecular weight is 303 g/mol. The van der Waals surface area contributed by atoms with E-state index in [1.54, 1.807) is 4.90 Å². The Bertz CT molecular complexity index is 571. The number of nitrogens with zero attached hydrogens (tertiary/aromatic N) is 1. The Labute approximate surface area is 132 Å². The smallest absolute Gasteiger partial charge is 0.315 e. The quantitative estimate of drug-likeness (QED) is 0.898. The van der Waals surface area contributed by atoms with Crippen LogP contribution in [0.3, 0.4) is 0 Å². The van der Waals surface area contributed by atoms with Crippen molar-refractivity contribution in [1.82, 2.24) is 10.6 Å². The van der Waals surface area contributed by atoms with E-state index < -0.39 is 6.04 Å². The molecule has 5 nitrogen and oxygen atoms in total. The largest absolute Gasteiger partial charge is 0.336 e. The molecule has 1 heterocycles. The fraction of sp³-hybridized carbons (Fsp3) is 0.529. The Kier molecular flexibility index (Phi) is 5.06. The van der Waals surface area contributed by atoms with Crippen LogP contribution in [0.5, 0.6) is 0 Å². The van der Waals surface area contributed by atoms with E-state index in [9.17, 15) is 9.59 Å². The lowest BCUT2D eigenvalue weighted by Gasteiger charge is -2.19. The van der Waals surface area contributed by atoms with Crippen molar-refractivity contribution in [2.24, 2.45) is 0 Å². The summed E-state index contributed by atoms with van der Waals surface area (Å²) < 4.78 is 0. The second-order valence-corrected chi connectivity index (χ2v) is 6.03. The molecule has 2 N–H and O–H groups in total. The number of hydrogen-bond acceptors (Lipinski definition) is 2. The van der Waals surface area contributed by atoms with Crippen LogP contribution in [0.4, 0.5) is 10.5 Å². The average Bonchev–Trinajstić information content (AvgIpc) is 2.83. The van der Waals surface area contributed by atoms with Gasteiger partial charge in [0.2, 0.25) is 5.91 Å². The van der Waals surface area contributed by atoms with E-state index in [0.29, 0.717) is 13.0 Å². The number of benzene rings is 1. The molecule has 1 aromatic carbocycles. The first-order valence-electron chi connectivity index (χ1n) is 7.88. The fourth-order valence-corrected chi connectivity index (χ4v) is 2.49. The van der Waals surface area contributed by atoms with Gasteiger partial charge in [0.15, 0.2) is 0 Å². The zero-order valence-corrected chi connectivity index (χ0v) is 13.8. The molecule has 1 fully saturated rings. The van der Waals surface area contributed by atoms with Crippen molar-refractivity contribution < 1.29 is 9.59 Å². The Morgan fingerprint density at radius 2 is 2.09 bits per heavy atom. The van der Waals surface area contributed by atoms with Gasteiger partial charge >= 0.3 is 6.03 Å². The van der Waals surface area contributed by atoms with Crippen LogP contribution in [-0.2, 0) is 4.79 Å². The van der Waals surface area contributed by atoms with Crippen LogP contribution in [0.15, 0.2) is 18.2 Å². The molecule has 0 aromatic heterocycles. The molecule has 0 saturated carbocycles. The molecule has 22 heavy (non-hydrogen) atoms. The number of hydrogen-bond donors (Lipinski definition) is 2. The molecule has 1 saturated heterocycles. The van der Waals surface area contributed by atoms with Gasteiger partial charge < -0.3 is 15.5 Å². The van der Waals surface area contributed by atoms with Gasteiger partial charge in [-0.1, -0.05) is 13.0 Å². The van der Waals surface area contributed by atoms with Crippen LogP contribution in [0.2, 0.25) is 0 Å². The molecule has 3 amide bonds. The Balaban J connectivity index is 2.00. The van der Waals surface area contributed by atoms with Crippen LogP contribution >= 0.6 is 0 Å². The summed E-state index contributed by atoms with van der Waals surface area (Å²) in [5, 5.41) is 5.61. The fourth-order valence-electron chi connectivity index (χ4n) is 2.49. The number of rotatable bonds is 4. The number of nitrogens with one attached hydrogen (secondary N) is 2. The Hall–Kier alpha value is -2.04. The van der Waals surface area contributed by atoms with Crippen molar-refractivity contribution >= 4 is 17.6 Å². The second kappa shape index (κ2) is 6.81. The van der Waals surface area contributed by atoms with Crippen LogP contribution < -0.4 is 15.5 Å². The minimum absolute atomic E-state index is 0.0393. The van der Waals surface area contributed by atoms with Crippen molar-refractivity contribution in [2.75, 3.05) is 11.4 Å². The molecule has 1 aliphatic rings. The van der Waals surface area contributed by atoms with E-state index in [2.05, 4.69) is 17.6 Å². The summed E-state index contributed by atoms with van der Waals surface area (Å²) in [5.41, 5.74) is 3.27. The van der Waals surface area contributed by atoms with Crippen LogP contribution in [0.1, 0.15) is 37.8 Å². The lowest BCUT2D eigenvalue weighted by Crippen LogP contribution is -2.48. The molecule has 0 radical (unpaired) electrons. The zero-order chi connectivity index (χ0) is 16.3. The van der Waals surface area contributed by atoms with Gasteiger partial charge in [-0.15, -0.1) is 0 Å². The highest BCUT2D eigenvalue weighted by atomic mass is 16.2. The van der Waals surface area contributed by atoms with Gasteiger partial charge in [0, 0.05) is 18.3 Å². The second-order valence-electron chi connectivity index (χ2n) is 6.03. The normalized spacial score (nSPS) is 19.2. The summed E-state index contributed by atoms with van der Waals surface area (Å²) in [5.74, 6) is -0.0393. The standard InChI is InChI=1S/C17H25N3O2/c1-5-13(4)18-17(22)19-15-8-9-20(16(15)21)14-7-6-11(2)12(3)10-14/h6-7,10,13,15H,5,8-9H2,1-4H3,(H2,18,19,22)/t13-,15-/m1/s1. The van der Waals surface area contributed by atoms with Gasteiger partial charge in [0.1, 0.15) is 6.04 Å². The van der Waals surface area contributed by atoms with Gasteiger partial charge in [-0.3, -0.25) is 4.79 Å². The van der Waals surface area contributed by atoms with E-state index in [-0.39, 0.29) is 18.0 Å². The van der Waals surface area contributed by atoms with Crippen molar-refractivity contribution in [3.8, 4) is 0 Å². The Morgan fingerprint density at radius 1 is 1.36 bits per heavy atom. The molecule has 1 aliphatic heterocycles. The molecule has 0 spiro atoms. The van der Waals surface area contributed by atoms with Crippen molar-refractivity contribution in [3.63, 3.8) is 0 Å². The number of carbonyl (C=O) groups is 2. The monoisotopic (exact) mass is 303 g/mol. The van der Waals surface area contributed by atoms with E-state index in [0.717, 1.165) is 17.7 Å². The molecule has 2 atom stereocenters. The minimum Gasteiger partial charge on any atom is -0.336 e. The number of amides is 3. The highest BCUT2D eigenvalue weighted by Gasteiger charge is 2.33. The SMILES string of the molecule is CC[C@@H](C)NC(=O)N[C@@H]1CCN(c2ccc(C)c(C)c2)C1=O. The molecule has 0 bridgehead atoms. The summed E-state index contributed by atoms with van der Waals surface area (Å²) in [7, 11) is 0. The third kappa shape index (κ3) is 3.59. The third-order valence-electron chi connectivity index (χ3n) is 4.30. The maximum absolute atomic E-state index is 12.5. The summed E-state index contributed by atoms with van der Waals surface area (Å²) in [6.07, 6.45) is 1.50. The maximum atomic E-state index is 12.5. The van der Waals surface area contributed by atoms with Crippen molar-refractivity contribution in [2.45, 2.75) is 52.6 Å². The molecule has 0 unspecified atom stereocenters. The first-order chi connectivity index (χ1) is 10.4. The van der Waals surface area contributed by atoms with Gasteiger partial charge in [-0.2, -0.15) is 0 Å². The maximum Gasteiger partial charge on any atom is 0.315 e. The highest BCUT2D eigenvalue weighted by molar-refractivity contribution is 6.01. The van der Waals surface area contributed by atoms with Crippen molar-refractivity contribution in [1.29, 1.82) is 0 Å². The summed E-state index contributed by atoms with van der Waals surface area (Å²) >= 11 is 0. The summed E-state index contributed by atoms with van der Waals surface area (Å²) in [6.45, 7) is 8.67. The van der Waals surface area contributed by atoms with Gasteiger partial charge in [0.25, 0.3) is 0 Å². The first kappa shape index (κ1) is 16.3. The molecule has 120 valence electrons. The highest BCUT2D eigenvalue weighted by Crippen LogP contribution is 2.24. The molecular formula is C17H25N3O2. The summed E-state index contributed by atoms with van der Waals surface area (Å²) in [6, 6.07) is 5.40. The number of anilines is 1. The number of carbonyl (C=O) groups excluding carboxylic acids is 2. The van der Waals surface area contributed by atoms with Gasteiger partial charge in [0.05, 0.1) is 0 Å². The first-order valence-corrected chi connectivity index (χ1v) is 7.88.